The first kappa shape index (κ1) is 22.2. The molecule has 2 amide bonds. The van der Waals surface area contributed by atoms with Crippen LogP contribution in [0.25, 0.3) is 10.6 Å². The van der Waals surface area contributed by atoms with E-state index < -0.39 is 29.6 Å². The average Bonchev–Trinajstić information content (AvgIpc) is 3.21. The summed E-state index contributed by atoms with van der Waals surface area (Å²) in [6.45, 7) is 1.41. The van der Waals surface area contributed by atoms with Crippen molar-refractivity contribution in [2.75, 3.05) is 12.4 Å². The molecule has 1 aromatic heterocycles. The van der Waals surface area contributed by atoms with Crippen LogP contribution >= 0.6 is 11.3 Å². The van der Waals surface area contributed by atoms with Crippen LogP contribution in [0.5, 0.6) is 5.75 Å². The highest BCUT2D eigenvalue weighted by molar-refractivity contribution is 7.18. The lowest BCUT2D eigenvalue weighted by Gasteiger charge is -2.14. The van der Waals surface area contributed by atoms with Crippen molar-refractivity contribution in [3.8, 4) is 16.3 Å². The fourth-order valence-corrected chi connectivity index (χ4v) is 3.29. The summed E-state index contributed by atoms with van der Waals surface area (Å²) >= 11 is 1.12. The van der Waals surface area contributed by atoms with E-state index in [0.29, 0.717) is 10.8 Å². The maximum absolute atomic E-state index is 12.8. The quantitative estimate of drug-likeness (QED) is 0.593. The summed E-state index contributed by atoms with van der Waals surface area (Å²) in [7, 11) is 1.54. The Labute approximate surface area is 179 Å². The Balaban J connectivity index is 1.63. The summed E-state index contributed by atoms with van der Waals surface area (Å²) < 4.78 is 43.6. The summed E-state index contributed by atoms with van der Waals surface area (Å²) in [6, 6.07) is 10.1. The van der Waals surface area contributed by atoms with E-state index in [2.05, 4.69) is 20.8 Å². The Morgan fingerprint density at radius 2 is 1.84 bits per heavy atom. The third-order valence-electron chi connectivity index (χ3n) is 4.16. The number of carbonyl (C=O) groups excluding carboxylic acids is 2. The topological polar surface area (TPSA) is 93.2 Å². The van der Waals surface area contributed by atoms with Crippen LogP contribution in [-0.2, 0) is 11.0 Å². The van der Waals surface area contributed by atoms with Gasteiger partial charge in [-0.05, 0) is 37.3 Å². The van der Waals surface area contributed by atoms with Gasteiger partial charge in [-0.25, -0.2) is 0 Å². The van der Waals surface area contributed by atoms with Crippen molar-refractivity contribution in [1.82, 2.24) is 15.5 Å². The van der Waals surface area contributed by atoms with Gasteiger partial charge in [-0.3, -0.25) is 14.9 Å². The number of aromatic nitrogens is 2. The van der Waals surface area contributed by atoms with Crippen LogP contribution in [0.3, 0.4) is 0 Å². The van der Waals surface area contributed by atoms with Crippen LogP contribution in [0.1, 0.15) is 22.8 Å². The molecule has 0 saturated carbocycles. The number of amides is 2. The van der Waals surface area contributed by atoms with Gasteiger partial charge in [-0.15, -0.1) is 10.2 Å². The number of rotatable bonds is 6. The van der Waals surface area contributed by atoms with Crippen LogP contribution in [-0.4, -0.2) is 35.2 Å². The molecule has 0 spiro atoms. The second kappa shape index (κ2) is 9.13. The zero-order valence-corrected chi connectivity index (χ0v) is 17.2. The molecule has 0 saturated heterocycles. The molecule has 162 valence electrons. The highest BCUT2D eigenvalue weighted by Crippen LogP contribution is 2.30. The minimum atomic E-state index is -4.57. The molecule has 31 heavy (non-hydrogen) atoms. The number of halogens is 3. The second-order valence-corrected chi connectivity index (χ2v) is 7.38. The van der Waals surface area contributed by atoms with Crippen molar-refractivity contribution < 1.29 is 27.5 Å². The molecule has 0 aliphatic rings. The largest absolute Gasteiger partial charge is 0.497 e. The highest BCUT2D eigenvalue weighted by Gasteiger charge is 2.31. The number of nitrogens with zero attached hydrogens (tertiary/aromatic N) is 2. The SMILES string of the molecule is COc1cccc(-c2nnc(NC(=O)C(C)NC(=O)c3cccc(C(F)(F)F)c3)s2)c1. The van der Waals surface area contributed by atoms with Crippen molar-refractivity contribution in [3.05, 3.63) is 59.7 Å². The highest BCUT2D eigenvalue weighted by atomic mass is 32.1. The Morgan fingerprint density at radius 3 is 2.55 bits per heavy atom. The molecule has 1 atom stereocenters. The molecule has 0 fully saturated rings. The van der Waals surface area contributed by atoms with E-state index in [1.165, 1.54) is 13.0 Å². The average molecular weight is 450 g/mol. The first-order chi connectivity index (χ1) is 14.7. The third kappa shape index (κ3) is 5.57. The van der Waals surface area contributed by atoms with Crippen LogP contribution in [0.15, 0.2) is 48.5 Å². The molecular weight excluding hydrogens is 433 g/mol. The number of carbonyl (C=O) groups is 2. The summed E-state index contributed by atoms with van der Waals surface area (Å²) in [6.07, 6.45) is -4.57. The molecule has 0 bridgehead atoms. The summed E-state index contributed by atoms with van der Waals surface area (Å²) in [4.78, 5) is 24.6. The van der Waals surface area contributed by atoms with Crippen molar-refractivity contribution >= 4 is 28.3 Å². The first-order valence-electron chi connectivity index (χ1n) is 8.94. The standard InChI is InChI=1S/C20H17F3N4O3S/c1-11(24-17(29)12-5-3-7-14(9-12)20(21,22)23)16(28)25-19-27-26-18(31-19)13-6-4-8-15(10-13)30-2/h3-11H,1-2H3,(H,24,29)(H,25,27,28). The molecule has 2 aromatic carbocycles. The van der Waals surface area contributed by atoms with E-state index in [-0.39, 0.29) is 10.7 Å². The molecule has 7 nitrogen and oxygen atoms in total. The third-order valence-corrected chi connectivity index (χ3v) is 5.05. The molecular formula is C20H17F3N4O3S. The number of hydrogen-bond donors (Lipinski definition) is 2. The van der Waals surface area contributed by atoms with Gasteiger partial charge in [0.2, 0.25) is 11.0 Å². The number of hydrogen-bond acceptors (Lipinski definition) is 6. The van der Waals surface area contributed by atoms with Crippen molar-refractivity contribution in [1.29, 1.82) is 0 Å². The van der Waals surface area contributed by atoms with Crippen LogP contribution in [0.4, 0.5) is 18.3 Å². The molecule has 0 radical (unpaired) electrons. The number of ether oxygens (including phenoxy) is 1. The fourth-order valence-electron chi connectivity index (χ4n) is 2.54. The van der Waals surface area contributed by atoms with Gasteiger partial charge >= 0.3 is 6.18 Å². The Hall–Kier alpha value is -3.47. The zero-order valence-electron chi connectivity index (χ0n) is 16.4. The minimum absolute atomic E-state index is 0.203. The maximum atomic E-state index is 12.8. The molecule has 3 aromatic rings. The Bertz CT molecular complexity index is 1100. The lowest BCUT2D eigenvalue weighted by molar-refractivity contribution is -0.137. The maximum Gasteiger partial charge on any atom is 0.416 e. The van der Waals surface area contributed by atoms with Crippen molar-refractivity contribution in [3.63, 3.8) is 0 Å². The first-order valence-corrected chi connectivity index (χ1v) is 9.76. The van der Waals surface area contributed by atoms with Crippen LogP contribution < -0.4 is 15.4 Å². The van der Waals surface area contributed by atoms with Gasteiger partial charge in [0.1, 0.15) is 16.8 Å². The van der Waals surface area contributed by atoms with E-state index >= 15 is 0 Å². The number of anilines is 1. The Kier molecular flexibility index (Phi) is 6.54. The summed E-state index contributed by atoms with van der Waals surface area (Å²) in [5, 5.41) is 13.6. The molecule has 0 aliphatic heterocycles. The molecule has 2 N–H and O–H groups in total. The molecule has 0 aliphatic carbocycles. The zero-order chi connectivity index (χ0) is 22.6. The normalized spacial score (nSPS) is 12.2. The van der Waals surface area contributed by atoms with E-state index in [1.54, 1.807) is 25.3 Å². The second-order valence-electron chi connectivity index (χ2n) is 6.41. The number of alkyl halides is 3. The van der Waals surface area contributed by atoms with Gasteiger partial charge in [-0.1, -0.05) is 29.5 Å². The van der Waals surface area contributed by atoms with E-state index in [1.807, 2.05) is 6.07 Å². The van der Waals surface area contributed by atoms with Gasteiger partial charge in [0.05, 0.1) is 12.7 Å². The lowest BCUT2D eigenvalue weighted by Crippen LogP contribution is -2.41. The fraction of sp³-hybridized carbons (Fsp3) is 0.200. The van der Waals surface area contributed by atoms with Crippen LogP contribution in [0, 0.1) is 0 Å². The lowest BCUT2D eigenvalue weighted by atomic mass is 10.1. The van der Waals surface area contributed by atoms with Crippen molar-refractivity contribution in [2.24, 2.45) is 0 Å². The summed E-state index contributed by atoms with van der Waals surface area (Å²) in [5.41, 5.74) is -0.398. The monoisotopic (exact) mass is 450 g/mol. The van der Waals surface area contributed by atoms with Gasteiger partial charge in [0.25, 0.3) is 5.91 Å². The van der Waals surface area contributed by atoms with Crippen LogP contribution in [0.2, 0.25) is 0 Å². The molecule has 11 heteroatoms. The predicted molar refractivity (Wildman–Crippen MR) is 109 cm³/mol. The smallest absolute Gasteiger partial charge is 0.416 e. The van der Waals surface area contributed by atoms with E-state index in [0.717, 1.165) is 35.1 Å². The molecule has 3 rings (SSSR count). The molecule has 1 heterocycles. The van der Waals surface area contributed by atoms with E-state index in [4.69, 9.17) is 4.74 Å². The number of nitrogens with one attached hydrogen (secondary N) is 2. The summed E-state index contributed by atoms with van der Waals surface area (Å²) in [5.74, 6) is -0.749. The molecule has 1 unspecified atom stereocenters. The van der Waals surface area contributed by atoms with Gasteiger partial charge in [0.15, 0.2) is 0 Å². The number of methoxy groups -OCH3 is 1. The predicted octanol–water partition coefficient (Wildman–Crippen LogP) is 3.99. The van der Waals surface area contributed by atoms with Gasteiger partial charge < -0.3 is 10.1 Å². The number of benzene rings is 2. The minimum Gasteiger partial charge on any atom is -0.497 e. The van der Waals surface area contributed by atoms with Crippen molar-refractivity contribution in [2.45, 2.75) is 19.1 Å². The van der Waals surface area contributed by atoms with E-state index in [9.17, 15) is 22.8 Å². The van der Waals surface area contributed by atoms with Gasteiger partial charge in [-0.2, -0.15) is 13.2 Å². The Morgan fingerprint density at radius 1 is 1.10 bits per heavy atom. The van der Waals surface area contributed by atoms with Gasteiger partial charge in [0, 0.05) is 11.1 Å².